The Morgan fingerprint density at radius 2 is 2.06 bits per heavy atom. The number of hydrogen-bond donors (Lipinski definition) is 2. The van der Waals surface area contributed by atoms with Crippen molar-refractivity contribution in [3.63, 3.8) is 0 Å². The summed E-state index contributed by atoms with van der Waals surface area (Å²) in [5.41, 5.74) is 0. The lowest BCUT2D eigenvalue weighted by Crippen LogP contribution is -2.43. The first-order chi connectivity index (χ1) is 8.02. The Kier molecular flexibility index (Phi) is 5.41. The van der Waals surface area contributed by atoms with Crippen molar-refractivity contribution < 1.29 is 14.7 Å². The lowest BCUT2D eigenvalue weighted by molar-refractivity contribution is -0.138. The van der Waals surface area contributed by atoms with Gasteiger partial charge in [-0.05, 0) is 26.2 Å². The van der Waals surface area contributed by atoms with Crippen LogP contribution in [-0.4, -0.2) is 47.1 Å². The Balaban J connectivity index is 2.33. The number of carbonyl (C=O) groups is 2. The van der Waals surface area contributed by atoms with Crippen LogP contribution in [0.3, 0.4) is 0 Å². The third-order valence-corrected chi connectivity index (χ3v) is 2.88. The molecule has 0 bridgehead atoms. The van der Waals surface area contributed by atoms with Gasteiger partial charge in [-0.3, -0.25) is 14.5 Å². The lowest BCUT2D eigenvalue weighted by Gasteiger charge is -2.20. The van der Waals surface area contributed by atoms with E-state index in [0.717, 1.165) is 25.7 Å². The van der Waals surface area contributed by atoms with Gasteiger partial charge in [0.05, 0.1) is 13.1 Å². The monoisotopic (exact) mass is 242 g/mol. The number of nitrogens with one attached hydrogen (secondary N) is 1. The molecule has 1 fully saturated rings. The Labute approximate surface area is 102 Å². The largest absolute Gasteiger partial charge is 0.480 e. The molecule has 1 atom stereocenters. The van der Waals surface area contributed by atoms with Crippen molar-refractivity contribution in [3.8, 4) is 0 Å². The Morgan fingerprint density at radius 1 is 1.41 bits per heavy atom. The summed E-state index contributed by atoms with van der Waals surface area (Å²) >= 11 is 0. The summed E-state index contributed by atoms with van der Waals surface area (Å²) in [5.74, 6) is -0.939. The van der Waals surface area contributed by atoms with Gasteiger partial charge in [0, 0.05) is 12.1 Å². The molecule has 2 N–H and O–H groups in total. The number of aliphatic carboxylic acids is 1. The molecule has 0 aromatic heterocycles. The third kappa shape index (κ3) is 5.68. The molecule has 0 saturated heterocycles. The number of carboxylic acid groups (broad SMARTS) is 1. The highest BCUT2D eigenvalue weighted by Crippen LogP contribution is 2.26. The van der Waals surface area contributed by atoms with Gasteiger partial charge in [0.1, 0.15) is 0 Å². The van der Waals surface area contributed by atoms with E-state index in [0.29, 0.717) is 6.04 Å². The molecule has 0 aromatic rings. The molecule has 1 saturated carbocycles. The van der Waals surface area contributed by atoms with Crippen LogP contribution in [0.4, 0.5) is 0 Å². The molecule has 0 radical (unpaired) electrons. The van der Waals surface area contributed by atoms with E-state index >= 15 is 0 Å². The van der Waals surface area contributed by atoms with E-state index in [4.69, 9.17) is 5.11 Å². The first kappa shape index (κ1) is 14.0. The fourth-order valence-electron chi connectivity index (χ4n) is 1.94. The van der Waals surface area contributed by atoms with Crippen molar-refractivity contribution >= 4 is 11.9 Å². The lowest BCUT2D eigenvalue weighted by atomic mass is 10.2. The van der Waals surface area contributed by atoms with Crippen molar-refractivity contribution in [3.05, 3.63) is 0 Å². The van der Waals surface area contributed by atoms with Gasteiger partial charge in [0.15, 0.2) is 0 Å². The maximum absolute atomic E-state index is 11.7. The molecule has 1 unspecified atom stereocenters. The van der Waals surface area contributed by atoms with Crippen LogP contribution in [0.1, 0.15) is 39.5 Å². The first-order valence-corrected chi connectivity index (χ1v) is 6.28. The van der Waals surface area contributed by atoms with Crippen LogP contribution in [0.15, 0.2) is 0 Å². The van der Waals surface area contributed by atoms with Crippen molar-refractivity contribution in [2.45, 2.75) is 51.6 Å². The summed E-state index contributed by atoms with van der Waals surface area (Å²) in [6.45, 7) is 4.20. The summed E-state index contributed by atoms with van der Waals surface area (Å²) in [5, 5.41) is 11.7. The van der Waals surface area contributed by atoms with E-state index in [-0.39, 0.29) is 25.0 Å². The van der Waals surface area contributed by atoms with E-state index in [1.165, 1.54) is 0 Å². The van der Waals surface area contributed by atoms with Gasteiger partial charge < -0.3 is 10.4 Å². The minimum atomic E-state index is -0.869. The topological polar surface area (TPSA) is 69.6 Å². The predicted octanol–water partition coefficient (Wildman–Crippen LogP) is 0.840. The number of amides is 1. The molecule has 0 spiro atoms. The number of nitrogens with zero attached hydrogens (tertiary/aromatic N) is 1. The minimum Gasteiger partial charge on any atom is -0.480 e. The van der Waals surface area contributed by atoms with Crippen LogP contribution >= 0.6 is 0 Å². The maximum Gasteiger partial charge on any atom is 0.317 e. The Hall–Kier alpha value is -1.10. The molecule has 0 aliphatic heterocycles. The van der Waals surface area contributed by atoms with E-state index < -0.39 is 5.97 Å². The zero-order valence-corrected chi connectivity index (χ0v) is 10.6. The maximum atomic E-state index is 11.7. The van der Waals surface area contributed by atoms with Gasteiger partial charge in [-0.1, -0.05) is 13.3 Å². The molecule has 98 valence electrons. The Morgan fingerprint density at radius 3 is 2.53 bits per heavy atom. The van der Waals surface area contributed by atoms with E-state index in [1.807, 2.05) is 6.92 Å². The zero-order chi connectivity index (χ0) is 12.8. The van der Waals surface area contributed by atoms with Crippen LogP contribution in [0.2, 0.25) is 0 Å². The van der Waals surface area contributed by atoms with Gasteiger partial charge in [0.25, 0.3) is 0 Å². The predicted molar refractivity (Wildman–Crippen MR) is 64.7 cm³/mol. The molecule has 5 nitrogen and oxygen atoms in total. The number of carboxylic acids is 1. The molecule has 17 heavy (non-hydrogen) atoms. The highest BCUT2D eigenvalue weighted by Gasteiger charge is 2.31. The second-order valence-corrected chi connectivity index (χ2v) is 4.79. The minimum absolute atomic E-state index is 0.0414. The van der Waals surface area contributed by atoms with Gasteiger partial charge >= 0.3 is 5.97 Å². The second-order valence-electron chi connectivity index (χ2n) is 4.79. The van der Waals surface area contributed by atoms with Crippen LogP contribution < -0.4 is 5.32 Å². The molecule has 1 aliphatic carbocycles. The molecule has 0 heterocycles. The molecular weight excluding hydrogens is 220 g/mol. The average molecular weight is 242 g/mol. The van der Waals surface area contributed by atoms with Crippen LogP contribution in [0, 0.1) is 0 Å². The van der Waals surface area contributed by atoms with Crippen molar-refractivity contribution in [1.29, 1.82) is 0 Å². The highest BCUT2D eigenvalue weighted by molar-refractivity contribution is 5.79. The molecule has 0 aromatic carbocycles. The average Bonchev–Trinajstić information content (AvgIpc) is 2.98. The van der Waals surface area contributed by atoms with Gasteiger partial charge in [-0.15, -0.1) is 0 Å². The summed E-state index contributed by atoms with van der Waals surface area (Å²) < 4.78 is 0. The van der Waals surface area contributed by atoms with Gasteiger partial charge in [-0.2, -0.15) is 0 Å². The zero-order valence-electron chi connectivity index (χ0n) is 10.6. The highest BCUT2D eigenvalue weighted by atomic mass is 16.4. The quantitative estimate of drug-likeness (QED) is 0.662. The van der Waals surface area contributed by atoms with Gasteiger partial charge in [-0.25, -0.2) is 0 Å². The first-order valence-electron chi connectivity index (χ1n) is 6.28. The van der Waals surface area contributed by atoms with E-state index in [2.05, 4.69) is 12.2 Å². The summed E-state index contributed by atoms with van der Waals surface area (Å²) in [4.78, 5) is 24.1. The van der Waals surface area contributed by atoms with Crippen molar-refractivity contribution in [1.82, 2.24) is 10.2 Å². The van der Waals surface area contributed by atoms with Crippen molar-refractivity contribution in [2.75, 3.05) is 13.1 Å². The summed E-state index contributed by atoms with van der Waals surface area (Å²) in [6.07, 6.45) is 3.99. The Bertz CT molecular complexity index is 277. The normalized spacial score (nSPS) is 16.9. The molecular formula is C12H22N2O3. The molecule has 1 rings (SSSR count). The van der Waals surface area contributed by atoms with Crippen LogP contribution in [-0.2, 0) is 9.59 Å². The molecule has 5 heteroatoms. The van der Waals surface area contributed by atoms with E-state index in [9.17, 15) is 9.59 Å². The number of hydrogen-bond acceptors (Lipinski definition) is 3. The number of rotatable bonds is 8. The van der Waals surface area contributed by atoms with E-state index in [1.54, 1.807) is 4.90 Å². The number of carbonyl (C=O) groups excluding carboxylic acids is 1. The van der Waals surface area contributed by atoms with Crippen molar-refractivity contribution in [2.24, 2.45) is 0 Å². The summed E-state index contributed by atoms with van der Waals surface area (Å²) in [6, 6.07) is 0.455. The standard InChI is InChI=1S/C12H22N2O3/c1-3-4-9(2)13-11(15)7-14(8-12(16)17)10-5-6-10/h9-10H,3-8H2,1-2H3,(H,13,15)(H,16,17). The fourth-order valence-corrected chi connectivity index (χ4v) is 1.94. The smallest absolute Gasteiger partial charge is 0.317 e. The van der Waals surface area contributed by atoms with Crippen LogP contribution in [0.5, 0.6) is 0 Å². The summed E-state index contributed by atoms with van der Waals surface area (Å²) in [7, 11) is 0. The van der Waals surface area contributed by atoms with Gasteiger partial charge in [0.2, 0.25) is 5.91 Å². The molecule has 1 amide bonds. The fraction of sp³-hybridized carbons (Fsp3) is 0.833. The molecule has 1 aliphatic rings. The SMILES string of the molecule is CCCC(C)NC(=O)CN(CC(=O)O)C1CC1. The van der Waals surface area contributed by atoms with Crippen LogP contribution in [0.25, 0.3) is 0 Å². The second kappa shape index (κ2) is 6.59. The third-order valence-electron chi connectivity index (χ3n) is 2.88.